The van der Waals surface area contributed by atoms with Gasteiger partial charge >= 0.3 is 0 Å². The first-order valence-corrected chi connectivity index (χ1v) is 3.48. The molecular formula is C8H10O. The molecule has 0 radical (unpaired) electrons. The molecule has 0 atom stereocenters. The molecule has 0 aromatic heterocycles. The Hall–Kier alpha value is -0.720. The maximum absolute atomic E-state index is 5.39. The van der Waals surface area contributed by atoms with E-state index in [-0.39, 0.29) is 0 Å². The molecule has 1 heterocycles. The van der Waals surface area contributed by atoms with Crippen molar-refractivity contribution in [2.75, 3.05) is 6.61 Å². The predicted molar refractivity (Wildman–Crippen MR) is 36.0 cm³/mol. The molecule has 1 nitrogen and oxygen atoms in total. The second-order valence-electron chi connectivity index (χ2n) is 2.49. The monoisotopic (exact) mass is 122 g/mol. The third-order valence-electron chi connectivity index (χ3n) is 1.86. The molecule has 2 rings (SSSR count). The van der Waals surface area contributed by atoms with E-state index in [0.717, 1.165) is 19.4 Å². The van der Waals surface area contributed by atoms with Crippen LogP contribution < -0.4 is 0 Å². The Morgan fingerprint density at radius 1 is 1.33 bits per heavy atom. The van der Waals surface area contributed by atoms with Crippen LogP contribution in [-0.2, 0) is 4.74 Å². The van der Waals surface area contributed by atoms with Crippen molar-refractivity contribution in [3.8, 4) is 0 Å². The van der Waals surface area contributed by atoms with Gasteiger partial charge in [0.15, 0.2) is 0 Å². The molecule has 0 spiro atoms. The number of allylic oxidation sites excluding steroid dienone is 3. The lowest BCUT2D eigenvalue weighted by atomic mass is 10.1. The van der Waals surface area contributed by atoms with E-state index in [2.05, 4.69) is 12.2 Å². The van der Waals surface area contributed by atoms with Gasteiger partial charge in [-0.3, -0.25) is 0 Å². The Morgan fingerprint density at radius 3 is 3.22 bits per heavy atom. The van der Waals surface area contributed by atoms with Gasteiger partial charge in [-0.25, -0.2) is 0 Å². The van der Waals surface area contributed by atoms with Crippen molar-refractivity contribution >= 4 is 0 Å². The van der Waals surface area contributed by atoms with Crippen molar-refractivity contribution < 1.29 is 4.74 Å². The van der Waals surface area contributed by atoms with Crippen LogP contribution in [0.2, 0.25) is 0 Å². The highest BCUT2D eigenvalue weighted by atomic mass is 16.5. The molecular weight excluding hydrogens is 112 g/mol. The van der Waals surface area contributed by atoms with Crippen LogP contribution in [0.3, 0.4) is 0 Å². The van der Waals surface area contributed by atoms with Crippen molar-refractivity contribution in [1.82, 2.24) is 0 Å². The zero-order valence-electron chi connectivity index (χ0n) is 5.39. The number of ether oxygens (including phenoxy) is 1. The minimum Gasteiger partial charge on any atom is -0.497 e. The lowest BCUT2D eigenvalue weighted by Crippen LogP contribution is -1.88. The summed E-state index contributed by atoms with van der Waals surface area (Å²) in [6, 6.07) is 0. The van der Waals surface area contributed by atoms with Crippen LogP contribution >= 0.6 is 0 Å². The number of hydrogen-bond acceptors (Lipinski definition) is 1. The molecule has 0 saturated carbocycles. The van der Waals surface area contributed by atoms with Gasteiger partial charge in [-0.2, -0.15) is 0 Å². The molecule has 0 aromatic rings. The first-order valence-electron chi connectivity index (χ1n) is 3.48. The van der Waals surface area contributed by atoms with E-state index >= 15 is 0 Å². The summed E-state index contributed by atoms with van der Waals surface area (Å²) in [4.78, 5) is 0. The van der Waals surface area contributed by atoms with E-state index in [0.29, 0.717) is 0 Å². The average Bonchev–Trinajstić information content (AvgIpc) is 2.33. The summed E-state index contributed by atoms with van der Waals surface area (Å²) >= 11 is 0. The Labute approximate surface area is 55.0 Å². The standard InChI is InChI=1S/C8H10O/c1-2-4-8-7(3-1)5-6-9-8/h1,3H,2,4-6H2. The summed E-state index contributed by atoms with van der Waals surface area (Å²) in [5.74, 6) is 1.25. The van der Waals surface area contributed by atoms with Gasteiger partial charge in [0.25, 0.3) is 0 Å². The van der Waals surface area contributed by atoms with Gasteiger partial charge in [0, 0.05) is 12.8 Å². The van der Waals surface area contributed by atoms with Crippen molar-refractivity contribution in [2.45, 2.75) is 19.3 Å². The molecule has 1 aliphatic carbocycles. The summed E-state index contributed by atoms with van der Waals surface area (Å²) in [7, 11) is 0. The molecule has 1 heteroatoms. The maximum atomic E-state index is 5.39. The molecule has 48 valence electrons. The van der Waals surface area contributed by atoms with E-state index in [1.165, 1.54) is 17.8 Å². The molecule has 0 amide bonds. The quantitative estimate of drug-likeness (QED) is 0.477. The smallest absolute Gasteiger partial charge is 0.0995 e. The molecule has 9 heavy (non-hydrogen) atoms. The molecule has 0 N–H and O–H groups in total. The zero-order valence-corrected chi connectivity index (χ0v) is 5.39. The fraction of sp³-hybridized carbons (Fsp3) is 0.500. The van der Waals surface area contributed by atoms with Gasteiger partial charge in [-0.1, -0.05) is 12.2 Å². The normalized spacial score (nSPS) is 24.0. The largest absolute Gasteiger partial charge is 0.497 e. The first kappa shape index (κ1) is 5.10. The van der Waals surface area contributed by atoms with Gasteiger partial charge in [0.1, 0.15) is 0 Å². The van der Waals surface area contributed by atoms with Gasteiger partial charge in [-0.15, -0.1) is 0 Å². The van der Waals surface area contributed by atoms with E-state index in [4.69, 9.17) is 4.74 Å². The summed E-state index contributed by atoms with van der Waals surface area (Å²) in [5, 5.41) is 0. The molecule has 0 aromatic carbocycles. The number of rotatable bonds is 0. The van der Waals surface area contributed by atoms with Crippen LogP contribution in [0, 0.1) is 0 Å². The Bertz CT molecular complexity index is 177. The summed E-state index contributed by atoms with van der Waals surface area (Å²) < 4.78 is 5.39. The van der Waals surface area contributed by atoms with E-state index in [1.807, 2.05) is 0 Å². The Kier molecular flexibility index (Phi) is 1.08. The lowest BCUT2D eigenvalue weighted by molar-refractivity contribution is 0.234. The highest BCUT2D eigenvalue weighted by Crippen LogP contribution is 2.27. The third-order valence-corrected chi connectivity index (χ3v) is 1.86. The summed E-state index contributed by atoms with van der Waals surface area (Å²) in [5.41, 5.74) is 1.43. The predicted octanol–water partition coefficient (Wildman–Crippen LogP) is 2.01. The lowest BCUT2D eigenvalue weighted by Gasteiger charge is -2.05. The highest BCUT2D eigenvalue weighted by Gasteiger charge is 2.14. The molecule has 0 fully saturated rings. The average molecular weight is 122 g/mol. The molecule has 0 saturated heterocycles. The number of hydrogen-bond donors (Lipinski definition) is 0. The summed E-state index contributed by atoms with van der Waals surface area (Å²) in [6.07, 6.45) is 7.86. The molecule has 2 aliphatic rings. The van der Waals surface area contributed by atoms with Gasteiger partial charge in [-0.05, 0) is 12.0 Å². The minimum absolute atomic E-state index is 0.912. The second kappa shape index (κ2) is 1.90. The van der Waals surface area contributed by atoms with E-state index < -0.39 is 0 Å². The Balaban J connectivity index is 2.28. The van der Waals surface area contributed by atoms with Crippen LogP contribution in [0.15, 0.2) is 23.5 Å². The van der Waals surface area contributed by atoms with Crippen LogP contribution in [0.4, 0.5) is 0 Å². The van der Waals surface area contributed by atoms with Crippen molar-refractivity contribution in [2.24, 2.45) is 0 Å². The fourth-order valence-electron chi connectivity index (χ4n) is 1.37. The van der Waals surface area contributed by atoms with Crippen LogP contribution in [0.1, 0.15) is 19.3 Å². The Morgan fingerprint density at radius 2 is 2.33 bits per heavy atom. The molecule has 0 unspecified atom stereocenters. The maximum Gasteiger partial charge on any atom is 0.0995 e. The third kappa shape index (κ3) is 0.766. The molecule has 1 aliphatic heterocycles. The van der Waals surface area contributed by atoms with Crippen LogP contribution in [0.5, 0.6) is 0 Å². The second-order valence-corrected chi connectivity index (χ2v) is 2.49. The van der Waals surface area contributed by atoms with Crippen molar-refractivity contribution in [3.63, 3.8) is 0 Å². The SMILES string of the molecule is C1=CC2=C(CC1)OCC2. The van der Waals surface area contributed by atoms with Crippen LogP contribution in [-0.4, -0.2) is 6.61 Å². The van der Waals surface area contributed by atoms with Crippen molar-refractivity contribution in [1.29, 1.82) is 0 Å². The fourth-order valence-corrected chi connectivity index (χ4v) is 1.37. The first-order chi connectivity index (χ1) is 4.47. The highest BCUT2D eigenvalue weighted by molar-refractivity contribution is 5.28. The van der Waals surface area contributed by atoms with E-state index in [9.17, 15) is 0 Å². The van der Waals surface area contributed by atoms with Crippen molar-refractivity contribution in [3.05, 3.63) is 23.5 Å². The zero-order chi connectivity index (χ0) is 6.10. The summed E-state index contributed by atoms with van der Waals surface area (Å²) in [6.45, 7) is 0.912. The van der Waals surface area contributed by atoms with E-state index in [1.54, 1.807) is 0 Å². The molecule has 0 bridgehead atoms. The van der Waals surface area contributed by atoms with Crippen LogP contribution in [0.25, 0.3) is 0 Å². The topological polar surface area (TPSA) is 9.23 Å². The van der Waals surface area contributed by atoms with Gasteiger partial charge in [0.2, 0.25) is 0 Å². The van der Waals surface area contributed by atoms with Gasteiger partial charge in [0.05, 0.1) is 12.4 Å². The minimum atomic E-state index is 0.912. The van der Waals surface area contributed by atoms with Gasteiger partial charge < -0.3 is 4.74 Å².